The summed E-state index contributed by atoms with van der Waals surface area (Å²) in [4.78, 5) is 12.0. The van der Waals surface area contributed by atoms with Crippen molar-refractivity contribution in [3.8, 4) is 23.0 Å². The molecule has 108 valence electrons. The van der Waals surface area contributed by atoms with E-state index < -0.39 is 5.78 Å². The van der Waals surface area contributed by atoms with Crippen LogP contribution < -0.4 is 4.74 Å². The Bertz CT molecular complexity index is 684. The largest absolute Gasteiger partial charge is 0.508 e. The Labute approximate surface area is 121 Å². The summed E-state index contributed by atoms with van der Waals surface area (Å²) < 4.78 is 4.94. The fourth-order valence-corrected chi connectivity index (χ4v) is 1.82. The van der Waals surface area contributed by atoms with Crippen molar-refractivity contribution in [2.24, 2.45) is 0 Å². The molecular weight excluding hydrogens is 272 g/mol. The number of ether oxygens (including phenoxy) is 1. The highest BCUT2D eigenvalue weighted by molar-refractivity contribution is 6.08. The number of carbonyl (C=O) groups excluding carboxylic acids is 1. The SMILES string of the molecule is COc1ccc(C(=O)C=Cc2cc(O)cc(O)c2)c(O)c1. The van der Waals surface area contributed by atoms with Gasteiger partial charge in [0.15, 0.2) is 5.78 Å². The van der Waals surface area contributed by atoms with E-state index in [4.69, 9.17) is 4.74 Å². The second-order valence-electron chi connectivity index (χ2n) is 4.36. The molecule has 0 bridgehead atoms. The highest BCUT2D eigenvalue weighted by atomic mass is 16.5. The third-order valence-electron chi connectivity index (χ3n) is 2.82. The van der Waals surface area contributed by atoms with Crippen molar-refractivity contribution in [1.82, 2.24) is 0 Å². The van der Waals surface area contributed by atoms with Crippen molar-refractivity contribution >= 4 is 11.9 Å². The molecule has 5 heteroatoms. The zero-order valence-electron chi connectivity index (χ0n) is 11.3. The molecular formula is C16H14O5. The van der Waals surface area contributed by atoms with Crippen molar-refractivity contribution in [3.05, 3.63) is 53.6 Å². The van der Waals surface area contributed by atoms with Crippen LogP contribution in [0.15, 0.2) is 42.5 Å². The molecule has 0 aliphatic rings. The van der Waals surface area contributed by atoms with Gasteiger partial charge in [-0.15, -0.1) is 0 Å². The molecule has 21 heavy (non-hydrogen) atoms. The first-order valence-electron chi connectivity index (χ1n) is 6.12. The van der Waals surface area contributed by atoms with Crippen LogP contribution in [0.4, 0.5) is 0 Å². The predicted octanol–water partition coefficient (Wildman–Crippen LogP) is 2.71. The van der Waals surface area contributed by atoms with E-state index in [1.165, 1.54) is 49.6 Å². The van der Waals surface area contributed by atoms with E-state index in [1.54, 1.807) is 6.07 Å². The summed E-state index contributed by atoms with van der Waals surface area (Å²) in [5.41, 5.74) is 0.602. The van der Waals surface area contributed by atoms with Gasteiger partial charge in [0.2, 0.25) is 0 Å². The molecule has 5 nitrogen and oxygen atoms in total. The van der Waals surface area contributed by atoms with Crippen molar-refractivity contribution in [1.29, 1.82) is 0 Å². The summed E-state index contributed by atoms with van der Waals surface area (Å²) in [6.45, 7) is 0. The van der Waals surface area contributed by atoms with Gasteiger partial charge in [0.05, 0.1) is 12.7 Å². The van der Waals surface area contributed by atoms with Crippen molar-refractivity contribution in [2.75, 3.05) is 7.11 Å². The van der Waals surface area contributed by atoms with Gasteiger partial charge in [-0.3, -0.25) is 4.79 Å². The van der Waals surface area contributed by atoms with Gasteiger partial charge in [-0.05, 0) is 35.9 Å². The van der Waals surface area contributed by atoms with E-state index in [9.17, 15) is 20.1 Å². The van der Waals surface area contributed by atoms with Crippen LogP contribution in [0.25, 0.3) is 6.08 Å². The molecule has 3 N–H and O–H groups in total. The number of carbonyl (C=O) groups is 1. The predicted molar refractivity (Wildman–Crippen MR) is 77.8 cm³/mol. The average molecular weight is 286 g/mol. The Balaban J connectivity index is 2.23. The normalized spacial score (nSPS) is 10.7. The van der Waals surface area contributed by atoms with Crippen LogP contribution in [0, 0.1) is 0 Å². The zero-order valence-corrected chi connectivity index (χ0v) is 11.3. The molecule has 0 heterocycles. The molecule has 0 aromatic heterocycles. The number of aromatic hydroxyl groups is 3. The number of rotatable bonds is 4. The molecule has 2 rings (SSSR count). The number of benzene rings is 2. The van der Waals surface area contributed by atoms with Crippen molar-refractivity contribution < 1.29 is 24.9 Å². The Kier molecular flexibility index (Phi) is 4.13. The minimum Gasteiger partial charge on any atom is -0.508 e. The lowest BCUT2D eigenvalue weighted by molar-refractivity contribution is 0.104. The molecule has 0 amide bonds. The molecule has 2 aromatic rings. The summed E-state index contributed by atoms with van der Waals surface area (Å²) in [6.07, 6.45) is 2.68. The lowest BCUT2D eigenvalue weighted by Crippen LogP contribution is -1.95. The molecule has 0 radical (unpaired) electrons. The molecule has 0 aliphatic heterocycles. The van der Waals surface area contributed by atoms with Crippen LogP contribution in [-0.4, -0.2) is 28.2 Å². The maximum atomic E-state index is 12.0. The maximum Gasteiger partial charge on any atom is 0.189 e. The molecule has 0 unspecified atom stereocenters. The van der Waals surface area contributed by atoms with E-state index in [-0.39, 0.29) is 22.8 Å². The lowest BCUT2D eigenvalue weighted by Gasteiger charge is -2.04. The second kappa shape index (κ2) is 6.00. The number of methoxy groups -OCH3 is 1. The van der Waals surface area contributed by atoms with Gasteiger partial charge in [0.25, 0.3) is 0 Å². The van der Waals surface area contributed by atoms with Gasteiger partial charge in [-0.25, -0.2) is 0 Å². The number of phenolic OH excluding ortho intramolecular Hbond substituents is 3. The molecule has 0 saturated heterocycles. The summed E-state index contributed by atoms with van der Waals surface area (Å²) in [5, 5.41) is 28.5. The zero-order chi connectivity index (χ0) is 15.4. The number of allylic oxidation sites excluding steroid dienone is 1. The van der Waals surface area contributed by atoms with E-state index in [1.807, 2.05) is 0 Å². The standard InChI is InChI=1S/C16H14O5/c1-21-13-3-4-14(16(20)9-13)15(19)5-2-10-6-11(17)8-12(18)7-10/h2-9,17-18,20H,1H3. The summed E-state index contributed by atoms with van der Waals surface area (Å²) in [5.74, 6) is -0.338. The minimum absolute atomic E-state index is 0.102. The molecule has 0 aliphatic carbocycles. The fourth-order valence-electron chi connectivity index (χ4n) is 1.82. The summed E-state index contributed by atoms with van der Waals surface area (Å²) >= 11 is 0. The Morgan fingerprint density at radius 1 is 1.05 bits per heavy atom. The van der Waals surface area contributed by atoms with E-state index in [0.29, 0.717) is 11.3 Å². The monoisotopic (exact) mass is 286 g/mol. The van der Waals surface area contributed by atoms with Gasteiger partial charge < -0.3 is 20.1 Å². The summed E-state index contributed by atoms with van der Waals surface area (Å²) in [6, 6.07) is 8.37. The van der Waals surface area contributed by atoms with Crippen LogP contribution >= 0.6 is 0 Å². The maximum absolute atomic E-state index is 12.0. The molecule has 0 atom stereocenters. The Hall–Kier alpha value is -2.95. The van der Waals surface area contributed by atoms with Gasteiger partial charge in [-0.2, -0.15) is 0 Å². The highest BCUT2D eigenvalue weighted by Crippen LogP contribution is 2.25. The first kappa shape index (κ1) is 14.5. The van der Waals surface area contributed by atoms with Gasteiger partial charge in [-0.1, -0.05) is 6.08 Å². The van der Waals surface area contributed by atoms with Crippen molar-refractivity contribution in [2.45, 2.75) is 0 Å². The van der Waals surface area contributed by atoms with Gasteiger partial charge >= 0.3 is 0 Å². The average Bonchev–Trinajstić information content (AvgIpc) is 2.43. The van der Waals surface area contributed by atoms with Crippen LogP contribution in [0.2, 0.25) is 0 Å². The number of ketones is 1. The summed E-state index contributed by atoms with van der Waals surface area (Å²) in [7, 11) is 1.46. The first-order chi connectivity index (χ1) is 9.99. The third-order valence-corrected chi connectivity index (χ3v) is 2.82. The van der Waals surface area contributed by atoms with Gasteiger partial charge in [0.1, 0.15) is 23.0 Å². The minimum atomic E-state index is -0.405. The topological polar surface area (TPSA) is 87.0 Å². The third kappa shape index (κ3) is 3.54. The molecule has 0 fully saturated rings. The first-order valence-corrected chi connectivity index (χ1v) is 6.12. The molecule has 2 aromatic carbocycles. The number of hydrogen-bond acceptors (Lipinski definition) is 5. The van der Waals surface area contributed by atoms with E-state index in [0.717, 1.165) is 0 Å². The Morgan fingerprint density at radius 3 is 2.29 bits per heavy atom. The van der Waals surface area contributed by atoms with Gasteiger partial charge in [0, 0.05) is 12.1 Å². The van der Waals surface area contributed by atoms with E-state index >= 15 is 0 Å². The number of hydrogen-bond donors (Lipinski definition) is 3. The molecule has 0 saturated carbocycles. The second-order valence-corrected chi connectivity index (χ2v) is 4.36. The van der Waals surface area contributed by atoms with Crippen LogP contribution in [0.5, 0.6) is 23.0 Å². The molecule has 0 spiro atoms. The highest BCUT2D eigenvalue weighted by Gasteiger charge is 2.09. The van der Waals surface area contributed by atoms with E-state index in [2.05, 4.69) is 0 Å². The van der Waals surface area contributed by atoms with Crippen LogP contribution in [0.3, 0.4) is 0 Å². The number of phenols is 3. The fraction of sp³-hybridized carbons (Fsp3) is 0.0625. The Morgan fingerprint density at radius 2 is 1.71 bits per heavy atom. The quantitative estimate of drug-likeness (QED) is 0.594. The lowest BCUT2D eigenvalue weighted by atomic mass is 10.1. The van der Waals surface area contributed by atoms with Crippen LogP contribution in [-0.2, 0) is 0 Å². The van der Waals surface area contributed by atoms with Crippen LogP contribution in [0.1, 0.15) is 15.9 Å². The smallest absolute Gasteiger partial charge is 0.189 e. The van der Waals surface area contributed by atoms with Crippen molar-refractivity contribution in [3.63, 3.8) is 0 Å².